The molecule has 0 radical (unpaired) electrons. The minimum atomic E-state index is -0.905. The standard InChI is InChI=1S/C21H24O3/c1-15-10-11-19(24-14-16-8-6-5-7-9-16)17(12-15)13-18(20(22)23)21(2,3)4/h5-13H,14H2,1-4H3,(H,22,23). The number of carbonyl (C=O) groups is 1. The summed E-state index contributed by atoms with van der Waals surface area (Å²) in [5.74, 6) is -0.217. The molecule has 0 spiro atoms. The zero-order valence-corrected chi connectivity index (χ0v) is 14.7. The highest BCUT2D eigenvalue weighted by Crippen LogP contribution is 2.31. The molecule has 0 atom stereocenters. The van der Waals surface area contributed by atoms with Crippen LogP contribution in [0.2, 0.25) is 0 Å². The van der Waals surface area contributed by atoms with E-state index in [-0.39, 0.29) is 0 Å². The lowest BCUT2D eigenvalue weighted by atomic mass is 9.85. The second-order valence-electron chi connectivity index (χ2n) is 6.93. The van der Waals surface area contributed by atoms with Gasteiger partial charge in [0.2, 0.25) is 0 Å². The van der Waals surface area contributed by atoms with Crippen LogP contribution in [0, 0.1) is 12.3 Å². The molecule has 0 unspecified atom stereocenters. The van der Waals surface area contributed by atoms with Crippen LogP contribution in [0.5, 0.6) is 5.75 Å². The van der Waals surface area contributed by atoms with E-state index in [2.05, 4.69) is 0 Å². The van der Waals surface area contributed by atoms with Gasteiger partial charge < -0.3 is 9.84 Å². The molecule has 0 aromatic heterocycles. The van der Waals surface area contributed by atoms with Crippen molar-refractivity contribution in [3.8, 4) is 5.75 Å². The summed E-state index contributed by atoms with van der Waals surface area (Å²) >= 11 is 0. The van der Waals surface area contributed by atoms with Gasteiger partial charge in [-0.25, -0.2) is 4.79 Å². The van der Waals surface area contributed by atoms with Crippen molar-refractivity contribution in [2.45, 2.75) is 34.3 Å². The molecule has 0 aliphatic rings. The first-order valence-electron chi connectivity index (χ1n) is 8.00. The van der Waals surface area contributed by atoms with E-state index < -0.39 is 11.4 Å². The fraction of sp³-hybridized carbons (Fsp3) is 0.286. The van der Waals surface area contributed by atoms with Crippen LogP contribution in [-0.2, 0) is 11.4 Å². The number of carboxylic acids is 1. The molecule has 0 saturated heterocycles. The lowest BCUT2D eigenvalue weighted by Crippen LogP contribution is -2.17. The maximum Gasteiger partial charge on any atom is 0.332 e. The Balaban J connectivity index is 2.35. The van der Waals surface area contributed by atoms with Gasteiger partial charge in [-0.1, -0.05) is 62.7 Å². The Bertz CT molecular complexity index is 737. The third-order valence-corrected chi connectivity index (χ3v) is 3.74. The van der Waals surface area contributed by atoms with E-state index in [1.165, 1.54) is 0 Å². The molecule has 3 heteroatoms. The topological polar surface area (TPSA) is 46.5 Å². The third kappa shape index (κ3) is 4.72. The van der Waals surface area contributed by atoms with Crippen LogP contribution in [0.15, 0.2) is 54.1 Å². The first-order chi connectivity index (χ1) is 11.3. The predicted octanol–water partition coefficient (Wildman–Crippen LogP) is 5.09. The summed E-state index contributed by atoms with van der Waals surface area (Å²) in [5.41, 5.74) is 2.83. The highest BCUT2D eigenvalue weighted by Gasteiger charge is 2.23. The van der Waals surface area contributed by atoms with Gasteiger partial charge in [0.25, 0.3) is 0 Å². The normalized spacial score (nSPS) is 12.1. The first-order valence-corrected chi connectivity index (χ1v) is 8.00. The molecule has 0 aliphatic carbocycles. The summed E-state index contributed by atoms with van der Waals surface area (Å²) in [6.07, 6.45) is 1.72. The monoisotopic (exact) mass is 324 g/mol. The van der Waals surface area contributed by atoms with Crippen molar-refractivity contribution in [3.05, 3.63) is 70.8 Å². The molecule has 2 aromatic rings. The second kappa shape index (κ2) is 7.35. The van der Waals surface area contributed by atoms with Gasteiger partial charge in [-0.3, -0.25) is 0 Å². The van der Waals surface area contributed by atoms with E-state index in [0.717, 1.165) is 16.7 Å². The average molecular weight is 324 g/mol. The van der Waals surface area contributed by atoms with Gasteiger partial charge in [-0.2, -0.15) is 0 Å². The molecule has 0 aliphatic heterocycles. The largest absolute Gasteiger partial charge is 0.488 e. The number of benzene rings is 2. The second-order valence-corrected chi connectivity index (χ2v) is 6.93. The zero-order chi connectivity index (χ0) is 17.7. The lowest BCUT2D eigenvalue weighted by molar-refractivity contribution is -0.133. The molecule has 0 saturated carbocycles. The summed E-state index contributed by atoms with van der Waals surface area (Å²) in [6, 6.07) is 15.7. The molecule has 126 valence electrons. The van der Waals surface area contributed by atoms with Crippen LogP contribution >= 0.6 is 0 Å². The molecule has 3 nitrogen and oxygen atoms in total. The SMILES string of the molecule is Cc1ccc(OCc2ccccc2)c(C=C(C(=O)O)C(C)(C)C)c1. The highest BCUT2D eigenvalue weighted by atomic mass is 16.5. The molecule has 0 heterocycles. The van der Waals surface area contributed by atoms with Crippen molar-refractivity contribution < 1.29 is 14.6 Å². The fourth-order valence-electron chi connectivity index (χ4n) is 2.40. The molecule has 0 bridgehead atoms. The molecule has 1 N–H and O–H groups in total. The minimum Gasteiger partial charge on any atom is -0.488 e. The van der Waals surface area contributed by atoms with Gasteiger partial charge in [-0.05, 0) is 36.1 Å². The van der Waals surface area contributed by atoms with Gasteiger partial charge in [0.1, 0.15) is 12.4 Å². The average Bonchev–Trinajstić information content (AvgIpc) is 2.51. The lowest BCUT2D eigenvalue weighted by Gasteiger charge is -2.20. The van der Waals surface area contributed by atoms with Crippen molar-refractivity contribution in [2.24, 2.45) is 5.41 Å². The molecule has 2 aromatic carbocycles. The number of rotatable bonds is 5. The number of ether oxygens (including phenoxy) is 1. The van der Waals surface area contributed by atoms with Crippen LogP contribution in [-0.4, -0.2) is 11.1 Å². The van der Waals surface area contributed by atoms with Crippen LogP contribution < -0.4 is 4.74 Å². The maximum absolute atomic E-state index is 11.6. The molecule has 2 rings (SSSR count). The van der Waals surface area contributed by atoms with E-state index in [1.807, 2.05) is 76.2 Å². The Labute approximate surface area is 143 Å². The van der Waals surface area contributed by atoms with E-state index in [1.54, 1.807) is 6.08 Å². The molecular weight excluding hydrogens is 300 g/mol. The minimum absolute atomic E-state index is 0.359. The third-order valence-electron chi connectivity index (χ3n) is 3.74. The van der Waals surface area contributed by atoms with Gasteiger partial charge in [0.15, 0.2) is 0 Å². The van der Waals surface area contributed by atoms with Crippen molar-refractivity contribution >= 4 is 12.0 Å². The Hall–Kier alpha value is -2.55. The van der Waals surface area contributed by atoms with Crippen molar-refractivity contribution in [3.63, 3.8) is 0 Å². The van der Waals surface area contributed by atoms with Crippen LogP contribution in [0.3, 0.4) is 0 Å². The number of hydrogen-bond donors (Lipinski definition) is 1. The van der Waals surface area contributed by atoms with Crippen LogP contribution in [0.1, 0.15) is 37.5 Å². The summed E-state index contributed by atoms with van der Waals surface area (Å²) in [4.78, 5) is 11.6. The van der Waals surface area contributed by atoms with E-state index in [9.17, 15) is 9.90 Å². The fourth-order valence-corrected chi connectivity index (χ4v) is 2.40. The van der Waals surface area contributed by atoms with E-state index in [4.69, 9.17) is 4.74 Å². The van der Waals surface area contributed by atoms with Crippen molar-refractivity contribution in [1.82, 2.24) is 0 Å². The summed E-state index contributed by atoms with van der Waals surface area (Å²) in [7, 11) is 0. The van der Waals surface area contributed by atoms with Gasteiger partial charge in [0.05, 0.1) is 0 Å². The quantitative estimate of drug-likeness (QED) is 0.779. The predicted molar refractivity (Wildman–Crippen MR) is 97.0 cm³/mol. The van der Waals surface area contributed by atoms with Gasteiger partial charge >= 0.3 is 5.97 Å². The maximum atomic E-state index is 11.6. The summed E-state index contributed by atoms with van der Waals surface area (Å²) in [6.45, 7) is 8.12. The van der Waals surface area contributed by atoms with E-state index in [0.29, 0.717) is 17.9 Å². The van der Waals surface area contributed by atoms with Crippen LogP contribution in [0.25, 0.3) is 6.08 Å². The smallest absolute Gasteiger partial charge is 0.332 e. The van der Waals surface area contributed by atoms with Crippen molar-refractivity contribution in [2.75, 3.05) is 0 Å². The highest BCUT2D eigenvalue weighted by molar-refractivity contribution is 5.94. The molecule has 0 fully saturated rings. The molecule has 24 heavy (non-hydrogen) atoms. The number of carboxylic acid groups (broad SMARTS) is 1. The summed E-state index contributed by atoms with van der Waals surface area (Å²) in [5, 5.41) is 9.53. The van der Waals surface area contributed by atoms with Gasteiger partial charge in [-0.15, -0.1) is 0 Å². The molecule has 0 amide bonds. The van der Waals surface area contributed by atoms with Gasteiger partial charge in [0, 0.05) is 11.1 Å². The van der Waals surface area contributed by atoms with Crippen LogP contribution in [0.4, 0.5) is 0 Å². The van der Waals surface area contributed by atoms with Crippen molar-refractivity contribution in [1.29, 1.82) is 0 Å². The Morgan fingerprint density at radius 3 is 2.38 bits per heavy atom. The van der Waals surface area contributed by atoms with E-state index >= 15 is 0 Å². The Kier molecular flexibility index (Phi) is 5.45. The zero-order valence-electron chi connectivity index (χ0n) is 14.7. The first kappa shape index (κ1) is 17.8. The number of aliphatic carboxylic acids is 1. The number of hydrogen-bond acceptors (Lipinski definition) is 2. The Morgan fingerprint density at radius 1 is 1.12 bits per heavy atom. The molecular formula is C21H24O3. The number of aryl methyl sites for hydroxylation is 1. The summed E-state index contributed by atoms with van der Waals surface area (Å²) < 4.78 is 5.93. The Morgan fingerprint density at radius 2 is 1.79 bits per heavy atom.